The van der Waals surface area contributed by atoms with Gasteiger partial charge in [-0.1, -0.05) is 73.0 Å². The number of imidazole rings is 1. The van der Waals surface area contributed by atoms with Gasteiger partial charge in [0.2, 0.25) is 0 Å². The Morgan fingerprint density at radius 2 is 1.74 bits per heavy atom. The molecule has 1 heterocycles. The van der Waals surface area contributed by atoms with Crippen LogP contribution in [-0.4, -0.2) is 16.5 Å². The minimum Gasteiger partial charge on any atom is -0.340 e. The van der Waals surface area contributed by atoms with Crippen molar-refractivity contribution in [2.45, 2.75) is 51.0 Å². The van der Waals surface area contributed by atoms with Crippen molar-refractivity contribution in [3.8, 4) is 11.3 Å². The quantitative estimate of drug-likeness (QED) is 0.556. The van der Waals surface area contributed by atoms with E-state index in [4.69, 9.17) is 4.98 Å². The van der Waals surface area contributed by atoms with Crippen molar-refractivity contribution >= 4 is 0 Å². The van der Waals surface area contributed by atoms with Crippen LogP contribution in [0.2, 0.25) is 0 Å². The molecule has 1 saturated carbocycles. The first-order chi connectivity index (χ1) is 13.3. The largest absolute Gasteiger partial charge is 0.340 e. The Hall–Kier alpha value is -2.39. The van der Waals surface area contributed by atoms with Gasteiger partial charge in [-0.25, -0.2) is 4.98 Å². The van der Waals surface area contributed by atoms with Gasteiger partial charge in [0.25, 0.3) is 0 Å². The highest BCUT2D eigenvalue weighted by atomic mass is 15.1. The van der Waals surface area contributed by atoms with E-state index in [0.717, 1.165) is 30.9 Å². The fourth-order valence-electron chi connectivity index (χ4n) is 4.18. The van der Waals surface area contributed by atoms with Crippen molar-refractivity contribution in [1.29, 1.82) is 0 Å². The Kier molecular flexibility index (Phi) is 5.40. The van der Waals surface area contributed by atoms with Crippen molar-refractivity contribution in [3.63, 3.8) is 0 Å². The van der Waals surface area contributed by atoms with Crippen molar-refractivity contribution in [1.82, 2.24) is 15.3 Å². The number of H-pyrrole nitrogens is 1. The molecule has 0 saturated heterocycles. The van der Waals surface area contributed by atoms with E-state index in [1.807, 2.05) is 6.20 Å². The molecule has 0 amide bonds. The summed E-state index contributed by atoms with van der Waals surface area (Å²) in [5, 5.41) is 3.86. The lowest BCUT2D eigenvalue weighted by Gasteiger charge is -2.28. The zero-order valence-corrected chi connectivity index (χ0v) is 16.2. The fraction of sp³-hybridized carbons (Fsp3) is 0.375. The maximum absolute atomic E-state index is 4.79. The highest BCUT2D eigenvalue weighted by molar-refractivity contribution is 5.59. The Bertz CT molecular complexity index is 843. The number of rotatable bonds is 7. The van der Waals surface area contributed by atoms with Crippen LogP contribution in [0.15, 0.2) is 60.8 Å². The van der Waals surface area contributed by atoms with Gasteiger partial charge in [0.15, 0.2) is 0 Å². The van der Waals surface area contributed by atoms with Crippen LogP contribution >= 0.6 is 0 Å². The first-order valence-corrected chi connectivity index (χ1v) is 10.2. The molecule has 27 heavy (non-hydrogen) atoms. The van der Waals surface area contributed by atoms with Gasteiger partial charge in [0.05, 0.1) is 17.4 Å². The summed E-state index contributed by atoms with van der Waals surface area (Å²) >= 11 is 0. The Balaban J connectivity index is 1.43. The van der Waals surface area contributed by atoms with E-state index in [1.54, 1.807) is 0 Å². The molecule has 0 bridgehead atoms. The van der Waals surface area contributed by atoms with E-state index in [9.17, 15) is 0 Å². The van der Waals surface area contributed by atoms with Crippen LogP contribution in [0, 0.1) is 6.92 Å². The van der Waals surface area contributed by atoms with Crippen molar-refractivity contribution in [2.75, 3.05) is 6.54 Å². The molecular formula is C24H29N3. The second kappa shape index (κ2) is 8.10. The minimum atomic E-state index is 0.0135. The van der Waals surface area contributed by atoms with E-state index in [2.05, 4.69) is 71.8 Å². The molecule has 1 aromatic heterocycles. The number of nitrogens with zero attached hydrogens (tertiary/aromatic N) is 1. The number of aromatic nitrogens is 2. The maximum atomic E-state index is 4.79. The van der Waals surface area contributed by atoms with Gasteiger partial charge in [-0.15, -0.1) is 0 Å². The van der Waals surface area contributed by atoms with Crippen LogP contribution in [0.4, 0.5) is 0 Å². The summed E-state index contributed by atoms with van der Waals surface area (Å²) in [6, 6.07) is 19.4. The molecule has 0 atom stereocenters. The number of hydrogen-bond donors (Lipinski definition) is 2. The Morgan fingerprint density at radius 3 is 2.48 bits per heavy atom. The topological polar surface area (TPSA) is 40.7 Å². The summed E-state index contributed by atoms with van der Waals surface area (Å²) < 4.78 is 0. The summed E-state index contributed by atoms with van der Waals surface area (Å²) in [5.74, 6) is 1.11. The molecule has 0 spiro atoms. The molecule has 0 unspecified atom stereocenters. The first-order valence-electron chi connectivity index (χ1n) is 10.2. The molecule has 1 aliphatic rings. The van der Waals surface area contributed by atoms with Crippen LogP contribution in [0.1, 0.15) is 49.1 Å². The van der Waals surface area contributed by atoms with Gasteiger partial charge in [-0.3, -0.25) is 0 Å². The average molecular weight is 360 g/mol. The van der Waals surface area contributed by atoms with Gasteiger partial charge in [0.1, 0.15) is 5.82 Å². The highest BCUT2D eigenvalue weighted by Gasteiger charge is 2.37. The van der Waals surface area contributed by atoms with Crippen LogP contribution in [0.3, 0.4) is 0 Å². The first kappa shape index (κ1) is 18.0. The standard InChI is InChI=1S/C24H29N3/c1-19-11-13-21(14-12-19)22-18-25-23(27-22)24(15-5-6-16-24)26-17-7-10-20-8-3-2-4-9-20/h2-4,8-9,11-14,18,26H,5-7,10,15-17H2,1H3,(H,25,27). The van der Waals surface area contributed by atoms with Gasteiger partial charge >= 0.3 is 0 Å². The molecule has 140 valence electrons. The van der Waals surface area contributed by atoms with Crippen molar-refractivity contribution < 1.29 is 0 Å². The lowest BCUT2D eigenvalue weighted by molar-refractivity contribution is 0.323. The SMILES string of the molecule is Cc1ccc(-c2cnc(C3(NCCCc4ccccc4)CCCC3)[nH]2)cc1. The van der Waals surface area contributed by atoms with Crippen LogP contribution in [0.5, 0.6) is 0 Å². The van der Waals surface area contributed by atoms with Gasteiger partial charge < -0.3 is 10.3 Å². The van der Waals surface area contributed by atoms with Gasteiger partial charge in [0, 0.05) is 0 Å². The fourth-order valence-corrected chi connectivity index (χ4v) is 4.18. The molecule has 3 aromatic rings. The van der Waals surface area contributed by atoms with Crippen LogP contribution in [0.25, 0.3) is 11.3 Å². The zero-order chi connectivity index (χ0) is 18.5. The Labute approximate surface area is 162 Å². The third-order valence-electron chi connectivity index (χ3n) is 5.80. The molecule has 2 N–H and O–H groups in total. The Morgan fingerprint density at radius 1 is 1.00 bits per heavy atom. The highest BCUT2D eigenvalue weighted by Crippen LogP contribution is 2.38. The minimum absolute atomic E-state index is 0.0135. The summed E-state index contributed by atoms with van der Waals surface area (Å²) in [7, 11) is 0. The molecule has 0 aliphatic heterocycles. The second-order valence-corrected chi connectivity index (χ2v) is 7.82. The van der Waals surface area contributed by atoms with Gasteiger partial charge in [-0.2, -0.15) is 0 Å². The summed E-state index contributed by atoms with van der Waals surface area (Å²) in [5.41, 5.74) is 5.03. The lowest BCUT2D eigenvalue weighted by atomic mass is 9.96. The van der Waals surface area contributed by atoms with Crippen molar-refractivity contribution in [3.05, 3.63) is 77.7 Å². The number of hydrogen-bond acceptors (Lipinski definition) is 2. The lowest BCUT2D eigenvalue weighted by Crippen LogP contribution is -2.41. The predicted octanol–water partition coefficient (Wildman–Crippen LogP) is 5.38. The third-order valence-corrected chi connectivity index (χ3v) is 5.80. The molecule has 1 fully saturated rings. The van der Waals surface area contributed by atoms with E-state index in [1.165, 1.54) is 42.4 Å². The molecule has 3 heteroatoms. The monoisotopic (exact) mass is 359 g/mol. The van der Waals surface area contributed by atoms with E-state index < -0.39 is 0 Å². The molecular weight excluding hydrogens is 330 g/mol. The normalized spacial score (nSPS) is 15.9. The van der Waals surface area contributed by atoms with E-state index in [-0.39, 0.29) is 5.54 Å². The average Bonchev–Trinajstić information content (AvgIpc) is 3.37. The van der Waals surface area contributed by atoms with E-state index >= 15 is 0 Å². The molecule has 2 aromatic carbocycles. The number of aromatic amines is 1. The molecule has 1 aliphatic carbocycles. The number of aryl methyl sites for hydroxylation is 2. The molecule has 4 rings (SSSR count). The third kappa shape index (κ3) is 4.14. The van der Waals surface area contributed by atoms with E-state index in [0.29, 0.717) is 0 Å². The predicted molar refractivity (Wildman–Crippen MR) is 112 cm³/mol. The maximum Gasteiger partial charge on any atom is 0.126 e. The molecule has 3 nitrogen and oxygen atoms in total. The number of nitrogens with one attached hydrogen (secondary N) is 2. The van der Waals surface area contributed by atoms with Gasteiger partial charge in [-0.05, 0) is 50.3 Å². The van der Waals surface area contributed by atoms with Crippen LogP contribution in [-0.2, 0) is 12.0 Å². The summed E-state index contributed by atoms with van der Waals surface area (Å²) in [4.78, 5) is 8.40. The smallest absolute Gasteiger partial charge is 0.126 e. The van der Waals surface area contributed by atoms with Crippen LogP contribution < -0.4 is 5.32 Å². The second-order valence-electron chi connectivity index (χ2n) is 7.82. The van der Waals surface area contributed by atoms with Crippen molar-refractivity contribution in [2.24, 2.45) is 0 Å². The summed E-state index contributed by atoms with van der Waals surface area (Å²) in [6.45, 7) is 3.14. The summed E-state index contributed by atoms with van der Waals surface area (Å²) in [6.07, 6.45) is 9.14. The molecule has 0 radical (unpaired) electrons. The zero-order valence-electron chi connectivity index (χ0n) is 16.2. The number of benzene rings is 2.